The summed E-state index contributed by atoms with van der Waals surface area (Å²) in [5.41, 5.74) is 1.67. The van der Waals surface area contributed by atoms with Crippen LogP contribution in [0.25, 0.3) is 0 Å². The van der Waals surface area contributed by atoms with Crippen LogP contribution in [0.15, 0.2) is 60.7 Å². The summed E-state index contributed by atoms with van der Waals surface area (Å²) in [6.45, 7) is 4.31. The van der Waals surface area contributed by atoms with E-state index < -0.39 is 0 Å². The zero-order valence-electron chi connectivity index (χ0n) is 15.6. The number of anilines is 2. The lowest BCUT2D eigenvalue weighted by Gasteiger charge is -2.14. The molecule has 2 N–H and O–H groups in total. The number of hydrogen-bond donors (Lipinski definition) is 2. The first-order valence-corrected chi connectivity index (χ1v) is 8.90. The third-order valence-electron chi connectivity index (χ3n) is 3.78. The van der Waals surface area contributed by atoms with Crippen LogP contribution in [0.1, 0.15) is 29.9 Å². The lowest BCUT2D eigenvalue weighted by molar-refractivity contribution is 0.102. The van der Waals surface area contributed by atoms with Crippen LogP contribution in [0, 0.1) is 5.82 Å². The molecule has 28 heavy (non-hydrogen) atoms. The summed E-state index contributed by atoms with van der Waals surface area (Å²) in [4.78, 5) is 12.4. The Morgan fingerprint density at radius 1 is 1.04 bits per heavy atom. The molecule has 0 unspecified atom stereocenters. The number of aromatic nitrogens is 2. The summed E-state index contributed by atoms with van der Waals surface area (Å²) in [6, 6.07) is 16.6. The Balaban J connectivity index is 1.61. The highest BCUT2D eigenvalue weighted by Gasteiger charge is 2.12. The molecule has 7 heteroatoms. The number of ether oxygens (including phenoxy) is 1. The van der Waals surface area contributed by atoms with Gasteiger partial charge < -0.3 is 15.4 Å². The maximum Gasteiger partial charge on any atom is 0.276 e. The molecule has 0 radical (unpaired) electrons. The minimum absolute atomic E-state index is 0.00990. The van der Waals surface area contributed by atoms with Crippen molar-refractivity contribution in [3.05, 3.63) is 77.7 Å². The van der Waals surface area contributed by atoms with Gasteiger partial charge in [-0.1, -0.05) is 24.3 Å². The first-order chi connectivity index (χ1) is 13.5. The van der Waals surface area contributed by atoms with Crippen molar-refractivity contribution in [2.24, 2.45) is 0 Å². The molecule has 1 heterocycles. The largest absolute Gasteiger partial charge is 0.489 e. The van der Waals surface area contributed by atoms with E-state index in [2.05, 4.69) is 20.8 Å². The van der Waals surface area contributed by atoms with Gasteiger partial charge in [-0.15, -0.1) is 10.2 Å². The molecule has 2 aromatic carbocycles. The van der Waals surface area contributed by atoms with Gasteiger partial charge >= 0.3 is 0 Å². The number of hydrogen-bond acceptors (Lipinski definition) is 5. The summed E-state index contributed by atoms with van der Waals surface area (Å²) < 4.78 is 18.6. The summed E-state index contributed by atoms with van der Waals surface area (Å²) in [6.07, 6.45) is -0.00990. The number of halogens is 1. The summed E-state index contributed by atoms with van der Waals surface area (Å²) in [7, 11) is 0. The Morgan fingerprint density at radius 3 is 2.46 bits per heavy atom. The van der Waals surface area contributed by atoms with Crippen molar-refractivity contribution in [2.75, 3.05) is 10.6 Å². The van der Waals surface area contributed by atoms with Crippen molar-refractivity contribution in [1.82, 2.24) is 10.2 Å². The number of benzene rings is 2. The number of nitrogens with zero attached hydrogens (tertiary/aromatic N) is 2. The van der Waals surface area contributed by atoms with Gasteiger partial charge in [-0.05, 0) is 55.8 Å². The first-order valence-electron chi connectivity index (χ1n) is 8.90. The molecule has 0 saturated heterocycles. The average Bonchev–Trinajstić information content (AvgIpc) is 2.69. The molecule has 1 aromatic heterocycles. The molecule has 0 atom stereocenters. The molecule has 0 fully saturated rings. The van der Waals surface area contributed by atoms with E-state index in [-0.39, 0.29) is 23.5 Å². The molecular formula is C21H21FN4O2. The molecule has 0 bridgehead atoms. The minimum Gasteiger partial charge on any atom is -0.489 e. The maximum atomic E-state index is 12.9. The molecule has 144 valence electrons. The standard InChI is InChI=1S/C21H21FN4O2/c1-14(2)28-19-6-4-3-5-17(19)24-21(27)18-11-12-20(26-25-18)23-13-15-7-9-16(22)10-8-15/h3-12,14H,13H2,1-2H3,(H,23,26)(H,24,27). The maximum absolute atomic E-state index is 12.9. The van der Waals surface area contributed by atoms with Crippen molar-refractivity contribution < 1.29 is 13.9 Å². The Labute approximate surface area is 162 Å². The lowest BCUT2D eigenvalue weighted by atomic mass is 10.2. The number of para-hydroxylation sites is 2. The van der Waals surface area contributed by atoms with Gasteiger partial charge in [-0.3, -0.25) is 4.79 Å². The van der Waals surface area contributed by atoms with Crippen LogP contribution in [-0.2, 0) is 6.54 Å². The Kier molecular flexibility index (Phi) is 6.16. The molecule has 0 aliphatic rings. The van der Waals surface area contributed by atoms with E-state index in [0.29, 0.717) is 23.8 Å². The van der Waals surface area contributed by atoms with Gasteiger partial charge in [0.15, 0.2) is 5.69 Å². The minimum atomic E-state index is -0.377. The van der Waals surface area contributed by atoms with Gasteiger partial charge in [0.1, 0.15) is 17.4 Å². The second-order valence-corrected chi connectivity index (χ2v) is 6.40. The molecule has 3 aromatic rings. The van der Waals surface area contributed by atoms with E-state index in [4.69, 9.17) is 4.74 Å². The van der Waals surface area contributed by atoms with E-state index in [0.717, 1.165) is 5.56 Å². The zero-order valence-corrected chi connectivity index (χ0v) is 15.6. The van der Waals surface area contributed by atoms with Crippen molar-refractivity contribution in [3.63, 3.8) is 0 Å². The number of carbonyl (C=O) groups excluding carboxylic acids is 1. The third kappa shape index (κ3) is 5.26. The summed E-state index contributed by atoms with van der Waals surface area (Å²) >= 11 is 0. The monoisotopic (exact) mass is 380 g/mol. The molecular weight excluding hydrogens is 359 g/mol. The topological polar surface area (TPSA) is 76.1 Å². The van der Waals surface area contributed by atoms with Gasteiger partial charge in [-0.25, -0.2) is 4.39 Å². The predicted molar refractivity (Wildman–Crippen MR) is 106 cm³/mol. The van der Waals surface area contributed by atoms with Crippen LogP contribution >= 0.6 is 0 Å². The summed E-state index contributed by atoms with van der Waals surface area (Å²) in [5.74, 6) is 0.456. The van der Waals surface area contributed by atoms with Gasteiger partial charge in [0.05, 0.1) is 11.8 Å². The quantitative estimate of drug-likeness (QED) is 0.640. The Hall–Kier alpha value is -3.48. The molecule has 0 saturated carbocycles. The molecule has 1 amide bonds. The van der Waals surface area contributed by atoms with E-state index in [1.165, 1.54) is 12.1 Å². The highest BCUT2D eigenvalue weighted by atomic mass is 19.1. The normalized spacial score (nSPS) is 10.6. The summed E-state index contributed by atoms with van der Waals surface area (Å²) in [5, 5.41) is 13.9. The third-order valence-corrected chi connectivity index (χ3v) is 3.78. The molecule has 0 spiro atoms. The lowest BCUT2D eigenvalue weighted by Crippen LogP contribution is -2.16. The first kappa shape index (κ1) is 19.3. The SMILES string of the molecule is CC(C)Oc1ccccc1NC(=O)c1ccc(NCc2ccc(F)cc2)nn1. The van der Waals surface area contributed by atoms with Crippen LogP contribution in [0.2, 0.25) is 0 Å². The number of carbonyl (C=O) groups is 1. The van der Waals surface area contributed by atoms with Crippen LogP contribution < -0.4 is 15.4 Å². The van der Waals surface area contributed by atoms with Gasteiger partial charge in [0.25, 0.3) is 5.91 Å². The van der Waals surface area contributed by atoms with Crippen LogP contribution in [-0.4, -0.2) is 22.2 Å². The fourth-order valence-electron chi connectivity index (χ4n) is 2.46. The van der Waals surface area contributed by atoms with Gasteiger partial charge in [-0.2, -0.15) is 0 Å². The smallest absolute Gasteiger partial charge is 0.276 e. The average molecular weight is 380 g/mol. The van der Waals surface area contributed by atoms with Crippen LogP contribution in [0.4, 0.5) is 15.9 Å². The molecule has 0 aliphatic carbocycles. The van der Waals surface area contributed by atoms with E-state index in [1.807, 2.05) is 26.0 Å². The van der Waals surface area contributed by atoms with Gasteiger partial charge in [0.2, 0.25) is 0 Å². The highest BCUT2D eigenvalue weighted by Crippen LogP contribution is 2.25. The van der Waals surface area contributed by atoms with Crippen molar-refractivity contribution in [3.8, 4) is 5.75 Å². The van der Waals surface area contributed by atoms with Crippen molar-refractivity contribution in [1.29, 1.82) is 0 Å². The zero-order chi connectivity index (χ0) is 19.9. The van der Waals surface area contributed by atoms with Gasteiger partial charge in [0, 0.05) is 6.54 Å². The Bertz CT molecular complexity index is 928. The van der Waals surface area contributed by atoms with E-state index in [9.17, 15) is 9.18 Å². The number of rotatable bonds is 7. The predicted octanol–water partition coefficient (Wildman–Crippen LogP) is 4.27. The second-order valence-electron chi connectivity index (χ2n) is 6.40. The van der Waals surface area contributed by atoms with Crippen LogP contribution in [0.5, 0.6) is 5.75 Å². The molecule has 3 rings (SSSR count). The number of amides is 1. The Morgan fingerprint density at radius 2 is 1.79 bits per heavy atom. The molecule has 6 nitrogen and oxygen atoms in total. The second kappa shape index (κ2) is 8.94. The number of nitrogens with one attached hydrogen (secondary N) is 2. The van der Waals surface area contributed by atoms with Crippen LogP contribution in [0.3, 0.4) is 0 Å². The highest BCUT2D eigenvalue weighted by molar-refractivity contribution is 6.03. The van der Waals surface area contributed by atoms with Crippen molar-refractivity contribution in [2.45, 2.75) is 26.5 Å². The fraction of sp³-hybridized carbons (Fsp3) is 0.190. The fourth-order valence-corrected chi connectivity index (χ4v) is 2.46. The van der Waals surface area contributed by atoms with Crippen molar-refractivity contribution >= 4 is 17.4 Å². The molecule has 0 aliphatic heterocycles. The van der Waals surface area contributed by atoms with E-state index >= 15 is 0 Å². The van der Waals surface area contributed by atoms with E-state index in [1.54, 1.807) is 36.4 Å².